The molecular formula is C8H15NO3S. The van der Waals surface area contributed by atoms with E-state index >= 15 is 0 Å². The van der Waals surface area contributed by atoms with Crippen LogP contribution in [0.1, 0.15) is 12.8 Å². The normalized spacial score (nSPS) is 9.69. The van der Waals surface area contributed by atoms with Crippen molar-refractivity contribution in [3.05, 3.63) is 0 Å². The number of hydrogen-bond acceptors (Lipinski definition) is 3. The van der Waals surface area contributed by atoms with Crippen molar-refractivity contribution >= 4 is 23.6 Å². The summed E-state index contributed by atoms with van der Waals surface area (Å²) in [5, 5.41) is 8.38. The zero-order valence-electron chi connectivity index (χ0n) is 7.95. The summed E-state index contributed by atoms with van der Waals surface area (Å²) in [6, 6.07) is 0. The van der Waals surface area contributed by atoms with Crippen molar-refractivity contribution in [1.82, 2.24) is 4.90 Å². The van der Waals surface area contributed by atoms with E-state index in [-0.39, 0.29) is 12.3 Å². The SMILES string of the molecule is CSCCC(=O)N(C)CCC(=O)O. The Balaban J connectivity index is 3.62. The Morgan fingerprint density at radius 1 is 1.38 bits per heavy atom. The molecule has 0 fully saturated rings. The monoisotopic (exact) mass is 205 g/mol. The number of carbonyl (C=O) groups excluding carboxylic acids is 1. The fourth-order valence-electron chi connectivity index (χ4n) is 0.768. The maximum absolute atomic E-state index is 11.2. The zero-order valence-corrected chi connectivity index (χ0v) is 8.76. The molecule has 0 aliphatic carbocycles. The largest absolute Gasteiger partial charge is 0.481 e. The number of aliphatic carboxylic acids is 1. The maximum Gasteiger partial charge on any atom is 0.305 e. The van der Waals surface area contributed by atoms with E-state index in [1.807, 2.05) is 6.26 Å². The fourth-order valence-corrected chi connectivity index (χ4v) is 1.15. The first-order valence-electron chi connectivity index (χ1n) is 4.02. The maximum atomic E-state index is 11.2. The predicted octanol–water partition coefficient (Wildman–Crippen LogP) is 0.673. The Hall–Kier alpha value is -0.710. The van der Waals surface area contributed by atoms with Gasteiger partial charge in [0.1, 0.15) is 0 Å². The van der Waals surface area contributed by atoms with Gasteiger partial charge in [-0.05, 0) is 6.26 Å². The first-order chi connectivity index (χ1) is 6.07. The number of carboxylic acid groups (broad SMARTS) is 1. The van der Waals surface area contributed by atoms with Gasteiger partial charge in [-0.15, -0.1) is 0 Å². The van der Waals surface area contributed by atoms with Gasteiger partial charge in [-0.2, -0.15) is 11.8 Å². The molecule has 0 aromatic rings. The minimum absolute atomic E-state index is 0.00981. The lowest BCUT2D eigenvalue weighted by molar-refractivity contribution is -0.138. The van der Waals surface area contributed by atoms with Gasteiger partial charge < -0.3 is 10.0 Å². The number of carboxylic acids is 1. The Morgan fingerprint density at radius 2 is 2.00 bits per heavy atom. The summed E-state index contributed by atoms with van der Waals surface area (Å²) in [5.74, 6) is -0.0731. The van der Waals surface area contributed by atoms with Crippen LogP contribution in [0.4, 0.5) is 0 Å². The summed E-state index contributed by atoms with van der Waals surface area (Å²) < 4.78 is 0. The van der Waals surface area contributed by atoms with Crippen molar-refractivity contribution in [2.75, 3.05) is 25.6 Å². The van der Waals surface area contributed by atoms with Crippen molar-refractivity contribution in [2.45, 2.75) is 12.8 Å². The summed E-state index contributed by atoms with van der Waals surface area (Å²) in [6.07, 6.45) is 2.43. The quantitative estimate of drug-likeness (QED) is 0.692. The van der Waals surface area contributed by atoms with Crippen LogP contribution in [-0.4, -0.2) is 47.5 Å². The standard InChI is InChI=1S/C8H15NO3S/c1-9(5-3-8(11)12)7(10)4-6-13-2/h3-6H2,1-2H3,(H,11,12). The lowest BCUT2D eigenvalue weighted by atomic mass is 10.3. The van der Waals surface area contributed by atoms with Gasteiger partial charge >= 0.3 is 5.97 Å². The van der Waals surface area contributed by atoms with Crippen LogP contribution in [0.15, 0.2) is 0 Å². The molecule has 0 spiro atoms. The summed E-state index contributed by atoms with van der Waals surface area (Å²) >= 11 is 1.61. The molecule has 0 aliphatic heterocycles. The van der Waals surface area contributed by atoms with Crippen molar-refractivity contribution in [3.63, 3.8) is 0 Å². The predicted molar refractivity (Wildman–Crippen MR) is 52.9 cm³/mol. The number of nitrogens with zero attached hydrogens (tertiary/aromatic N) is 1. The minimum Gasteiger partial charge on any atom is -0.481 e. The number of amides is 1. The molecule has 0 saturated heterocycles. The Bertz CT molecular complexity index is 184. The van der Waals surface area contributed by atoms with Crippen molar-refractivity contribution < 1.29 is 14.7 Å². The second-order valence-corrected chi connectivity index (χ2v) is 3.69. The molecule has 0 aliphatic rings. The van der Waals surface area contributed by atoms with Crippen LogP contribution < -0.4 is 0 Å². The molecule has 4 nitrogen and oxygen atoms in total. The van der Waals surface area contributed by atoms with E-state index in [0.29, 0.717) is 13.0 Å². The molecule has 0 aromatic heterocycles. The van der Waals surface area contributed by atoms with Gasteiger partial charge in [0, 0.05) is 25.8 Å². The molecule has 5 heteroatoms. The summed E-state index contributed by atoms with van der Waals surface area (Å²) in [6.45, 7) is 0.294. The number of hydrogen-bond donors (Lipinski definition) is 1. The van der Waals surface area contributed by atoms with Gasteiger partial charge in [0.15, 0.2) is 0 Å². The van der Waals surface area contributed by atoms with Crippen LogP contribution in [0.2, 0.25) is 0 Å². The molecule has 0 atom stereocenters. The van der Waals surface area contributed by atoms with E-state index in [2.05, 4.69) is 0 Å². The Kier molecular flexibility index (Phi) is 6.40. The molecule has 1 N–H and O–H groups in total. The van der Waals surface area contributed by atoms with Gasteiger partial charge in [0.2, 0.25) is 5.91 Å². The molecule has 0 unspecified atom stereocenters. The summed E-state index contributed by atoms with van der Waals surface area (Å²) in [7, 11) is 1.63. The molecule has 0 radical (unpaired) electrons. The highest BCUT2D eigenvalue weighted by Crippen LogP contribution is 1.99. The number of rotatable bonds is 6. The highest BCUT2D eigenvalue weighted by molar-refractivity contribution is 7.98. The highest BCUT2D eigenvalue weighted by Gasteiger charge is 2.08. The average molecular weight is 205 g/mol. The number of carbonyl (C=O) groups is 2. The van der Waals surface area contributed by atoms with Crippen LogP contribution in [-0.2, 0) is 9.59 Å². The molecule has 1 amide bonds. The lowest BCUT2D eigenvalue weighted by Gasteiger charge is -2.15. The fraction of sp³-hybridized carbons (Fsp3) is 0.750. The molecule has 76 valence electrons. The minimum atomic E-state index is -0.871. The molecule has 0 heterocycles. The third-order valence-electron chi connectivity index (χ3n) is 1.61. The summed E-state index contributed by atoms with van der Waals surface area (Å²) in [5.41, 5.74) is 0. The molecule has 13 heavy (non-hydrogen) atoms. The van der Waals surface area contributed by atoms with Crippen molar-refractivity contribution in [1.29, 1.82) is 0 Å². The Labute approximate surface area is 82.3 Å². The van der Waals surface area contributed by atoms with E-state index in [0.717, 1.165) is 5.75 Å². The van der Waals surface area contributed by atoms with Crippen molar-refractivity contribution in [3.8, 4) is 0 Å². The van der Waals surface area contributed by atoms with Crippen LogP contribution in [0.3, 0.4) is 0 Å². The van der Waals surface area contributed by atoms with E-state index in [4.69, 9.17) is 5.11 Å². The lowest BCUT2D eigenvalue weighted by Crippen LogP contribution is -2.29. The van der Waals surface area contributed by atoms with Crippen LogP contribution in [0.25, 0.3) is 0 Å². The molecule has 0 aromatic carbocycles. The van der Waals surface area contributed by atoms with E-state index in [9.17, 15) is 9.59 Å². The van der Waals surface area contributed by atoms with Gasteiger partial charge in [0.25, 0.3) is 0 Å². The van der Waals surface area contributed by atoms with E-state index in [1.54, 1.807) is 18.8 Å². The zero-order chi connectivity index (χ0) is 10.3. The van der Waals surface area contributed by atoms with Crippen LogP contribution in [0.5, 0.6) is 0 Å². The van der Waals surface area contributed by atoms with Gasteiger partial charge in [0.05, 0.1) is 6.42 Å². The topological polar surface area (TPSA) is 57.6 Å². The van der Waals surface area contributed by atoms with Gasteiger partial charge in [-0.1, -0.05) is 0 Å². The number of thioether (sulfide) groups is 1. The average Bonchev–Trinajstić information content (AvgIpc) is 2.10. The van der Waals surface area contributed by atoms with E-state index in [1.165, 1.54) is 4.90 Å². The van der Waals surface area contributed by atoms with Gasteiger partial charge in [-0.3, -0.25) is 9.59 Å². The molecular weight excluding hydrogens is 190 g/mol. The molecule has 0 bridgehead atoms. The smallest absolute Gasteiger partial charge is 0.305 e. The van der Waals surface area contributed by atoms with Crippen LogP contribution >= 0.6 is 11.8 Å². The first-order valence-corrected chi connectivity index (χ1v) is 5.42. The van der Waals surface area contributed by atoms with Gasteiger partial charge in [-0.25, -0.2) is 0 Å². The first kappa shape index (κ1) is 12.3. The third-order valence-corrected chi connectivity index (χ3v) is 2.22. The Morgan fingerprint density at radius 3 is 2.46 bits per heavy atom. The molecule has 0 saturated carbocycles. The second kappa shape index (κ2) is 6.77. The van der Waals surface area contributed by atoms with Crippen LogP contribution in [0, 0.1) is 0 Å². The van der Waals surface area contributed by atoms with E-state index < -0.39 is 5.97 Å². The second-order valence-electron chi connectivity index (χ2n) is 2.70. The summed E-state index contributed by atoms with van der Waals surface area (Å²) in [4.78, 5) is 22.9. The highest BCUT2D eigenvalue weighted by atomic mass is 32.2. The molecule has 0 rings (SSSR count). The van der Waals surface area contributed by atoms with Crippen molar-refractivity contribution in [2.24, 2.45) is 0 Å². The third kappa shape index (κ3) is 6.45.